The standard InChI is InChI=1S/C7H2N30O/c8-28-19-5(20-29-9,21-30-10)4(38-3-1-2-17-37-18-3,6(22-31-11,23-32-12)24-33-13)7(25-34-14,26-35-15)27-36-16/h1-2H. The molecule has 0 spiro atoms. The quantitative estimate of drug-likeness (QED) is 0.167. The van der Waals surface area contributed by atoms with Crippen molar-refractivity contribution in [2.75, 3.05) is 0 Å². The van der Waals surface area contributed by atoms with Crippen LogP contribution in [-0.4, -0.2) is 38.4 Å². The lowest BCUT2D eigenvalue weighted by Gasteiger charge is -2.53. The van der Waals surface area contributed by atoms with Gasteiger partial charge in [0.15, 0.2) is 5.60 Å². The van der Waals surface area contributed by atoms with Gasteiger partial charge in [-0.15, -0.1) is 5.10 Å². The topological polar surface area (TPSA) is 487 Å². The molecule has 1 heterocycles. The van der Waals surface area contributed by atoms with Crippen LogP contribution in [0.4, 0.5) is 0 Å². The Kier molecular flexibility index (Phi) is 9.60. The molecule has 1 aromatic rings. The van der Waals surface area contributed by atoms with Crippen molar-refractivity contribution in [2.24, 2.45) is 46.0 Å². The maximum absolute atomic E-state index is 9.27. The van der Waals surface area contributed by atoms with Gasteiger partial charge < -0.3 is 4.74 Å². The lowest BCUT2D eigenvalue weighted by atomic mass is 9.80. The number of azide groups is 3. The molecule has 0 aliphatic rings. The van der Waals surface area contributed by atoms with Crippen LogP contribution in [0.15, 0.2) is 58.3 Å². The highest BCUT2D eigenvalue weighted by Gasteiger charge is 2.76. The molecule has 0 aliphatic heterocycles. The number of ether oxygens (including phenoxy) is 1. The van der Waals surface area contributed by atoms with E-state index in [1.54, 1.807) is 0 Å². The van der Waals surface area contributed by atoms with Gasteiger partial charge in [-0.1, -0.05) is 51.1 Å². The van der Waals surface area contributed by atoms with Gasteiger partial charge in [0, 0.05) is 50.3 Å². The molecular weight excluding hydrogens is 520 g/mol. The lowest BCUT2D eigenvalue weighted by Crippen LogP contribution is -2.76. The number of hydrogen-bond donors (Lipinski definition) is 0. The second-order valence-corrected chi connectivity index (χ2v) is 5.35. The molecule has 38 heavy (non-hydrogen) atoms. The van der Waals surface area contributed by atoms with Crippen LogP contribution in [0.2, 0.25) is 0 Å². The molecule has 1 aromatic heterocycles. The van der Waals surface area contributed by atoms with Crippen molar-refractivity contribution in [1.29, 1.82) is 0 Å². The highest BCUT2D eigenvalue weighted by Crippen LogP contribution is 2.55. The monoisotopic (exact) mass is 522 g/mol. The van der Waals surface area contributed by atoms with E-state index in [1.165, 1.54) is 0 Å². The van der Waals surface area contributed by atoms with Crippen molar-refractivity contribution in [1.82, 2.24) is 15.4 Å². The fraction of sp³-hybridized carbons (Fsp3) is 0.571. The summed E-state index contributed by atoms with van der Waals surface area (Å²) in [5.74, 6) is -12.6. The van der Waals surface area contributed by atoms with Crippen molar-refractivity contribution in [2.45, 2.75) is 23.0 Å². The maximum atomic E-state index is 9.27. The first-order valence-corrected chi connectivity index (χ1v) is 8.27. The lowest BCUT2D eigenvalue weighted by molar-refractivity contribution is -0.122. The van der Waals surface area contributed by atoms with E-state index in [9.17, 15) is 49.8 Å². The van der Waals surface area contributed by atoms with Crippen LogP contribution in [0.3, 0.4) is 0 Å². The van der Waals surface area contributed by atoms with Gasteiger partial charge in [0.05, 0.1) is 6.20 Å². The highest BCUT2D eigenvalue weighted by atomic mass is 16.5. The molecule has 0 saturated carbocycles. The molecule has 0 aromatic carbocycles. The Labute approximate surface area is 202 Å². The second kappa shape index (κ2) is 12.7. The van der Waals surface area contributed by atoms with Gasteiger partial charge >= 0.3 is 0 Å². The van der Waals surface area contributed by atoms with E-state index < -0.39 is 28.8 Å². The molecule has 0 unspecified atom stereocenters. The summed E-state index contributed by atoms with van der Waals surface area (Å²) in [6.45, 7) is 0. The Morgan fingerprint density at radius 3 is 1.03 bits per heavy atom. The fourth-order valence-electron chi connectivity index (χ4n) is 2.70. The van der Waals surface area contributed by atoms with Gasteiger partial charge in [0.2, 0.25) is 23.2 Å². The van der Waals surface area contributed by atoms with Crippen molar-refractivity contribution in [3.05, 3.63) is 106 Å². The first-order chi connectivity index (χ1) is 18.4. The first-order valence-electron chi connectivity index (χ1n) is 8.27. The highest BCUT2D eigenvalue weighted by molar-refractivity contribution is 5.30. The Bertz CT molecular complexity index is 1210. The average molecular weight is 522 g/mol. The zero-order chi connectivity index (χ0) is 28.5. The van der Waals surface area contributed by atoms with Gasteiger partial charge in [0.25, 0.3) is 0 Å². The predicted octanol–water partition coefficient (Wildman–Crippen LogP) is 5.74. The SMILES string of the molecule is [N-]=[N+]=NC(N=[N+]=[N-])(N=[N+]=[N-])C(Oc1ccnnn1)(C(N=[N+]=[N-])(N=[N+]=[N-])N=[N+]=[N-])C(N=[N+]=[N-])(N=[N+]=[N-])N=[N+]=[N-]. The van der Waals surface area contributed by atoms with Crippen LogP contribution < -0.4 is 4.74 Å². The summed E-state index contributed by atoms with van der Waals surface area (Å²) in [4.78, 5) is 20.7. The molecule has 0 amide bonds. The third-order valence-electron chi connectivity index (χ3n) is 3.81. The summed E-state index contributed by atoms with van der Waals surface area (Å²) in [5, 5.41) is 36.7. The Morgan fingerprint density at radius 2 is 0.816 bits per heavy atom. The Hall–Kier alpha value is -7.40. The van der Waals surface area contributed by atoms with Crippen molar-refractivity contribution < 1.29 is 4.74 Å². The molecule has 0 bridgehead atoms. The van der Waals surface area contributed by atoms with Crippen molar-refractivity contribution >= 4 is 0 Å². The first kappa shape index (κ1) is 28.6. The molecule has 31 nitrogen and oxygen atoms in total. The minimum Gasteiger partial charge on any atom is -0.467 e. The van der Waals surface area contributed by atoms with Crippen LogP contribution in [-0.2, 0) is 0 Å². The molecule has 31 heteroatoms. The van der Waals surface area contributed by atoms with E-state index in [0.717, 1.165) is 12.3 Å². The molecule has 0 N–H and O–H groups in total. The van der Waals surface area contributed by atoms with Crippen LogP contribution in [0.5, 0.6) is 5.88 Å². The average Bonchev–Trinajstić information content (AvgIpc) is 2.89. The third kappa shape index (κ3) is 4.63. The smallest absolute Gasteiger partial charge is 0.245 e. The van der Waals surface area contributed by atoms with Crippen molar-refractivity contribution in [3.8, 4) is 5.88 Å². The van der Waals surface area contributed by atoms with Gasteiger partial charge in [-0.05, 0) is 55.0 Å². The van der Waals surface area contributed by atoms with Crippen LogP contribution in [0, 0.1) is 0 Å². The van der Waals surface area contributed by atoms with Gasteiger partial charge in [-0.3, -0.25) is 0 Å². The molecule has 0 aliphatic carbocycles. The van der Waals surface area contributed by atoms with E-state index in [4.69, 9.17) is 4.74 Å². The summed E-state index contributed by atoms with van der Waals surface area (Å²) in [5.41, 5.74) is 79.3. The molecule has 0 atom stereocenters. The fourth-order valence-corrected chi connectivity index (χ4v) is 2.70. The maximum Gasteiger partial charge on any atom is 0.245 e. The normalized spacial score (nSPS) is 15.2. The number of nitrogens with zero attached hydrogens (tertiary/aromatic N) is 30. The van der Waals surface area contributed by atoms with E-state index in [-0.39, 0.29) is 0 Å². The molecule has 1 rings (SSSR count). The molecule has 0 fully saturated rings. The van der Waals surface area contributed by atoms with E-state index in [2.05, 4.69) is 106 Å². The van der Waals surface area contributed by atoms with Gasteiger partial charge in [-0.2, -0.15) is 0 Å². The molecule has 186 valence electrons. The minimum atomic E-state index is -4.11. The van der Waals surface area contributed by atoms with Crippen LogP contribution in [0.25, 0.3) is 94.0 Å². The molecule has 0 radical (unpaired) electrons. The largest absolute Gasteiger partial charge is 0.467 e. The van der Waals surface area contributed by atoms with Crippen LogP contribution in [0.1, 0.15) is 0 Å². The number of rotatable bonds is 14. The molecule has 0 saturated heterocycles. The van der Waals surface area contributed by atoms with E-state index in [0.29, 0.717) is 0 Å². The zero-order valence-corrected chi connectivity index (χ0v) is 17.5. The van der Waals surface area contributed by atoms with Gasteiger partial charge in [-0.25, -0.2) is 0 Å². The Balaban J connectivity index is 5.18. The van der Waals surface area contributed by atoms with E-state index >= 15 is 0 Å². The second-order valence-electron chi connectivity index (χ2n) is 5.35. The zero-order valence-electron chi connectivity index (χ0n) is 17.5. The van der Waals surface area contributed by atoms with Crippen molar-refractivity contribution in [3.63, 3.8) is 0 Å². The van der Waals surface area contributed by atoms with Crippen LogP contribution >= 0.6 is 0 Å². The Morgan fingerprint density at radius 1 is 0.526 bits per heavy atom. The number of aromatic nitrogens is 3. The summed E-state index contributed by atoms with van der Waals surface area (Å²) in [6.07, 6.45) is 0.843. The molecular formula is C7H2N30O. The number of hydrogen-bond acceptors (Lipinski definition) is 13. The van der Waals surface area contributed by atoms with E-state index in [1.807, 2.05) is 0 Å². The summed E-state index contributed by atoms with van der Waals surface area (Å²) >= 11 is 0. The predicted molar refractivity (Wildman–Crippen MR) is 114 cm³/mol. The summed E-state index contributed by atoms with van der Waals surface area (Å²) in [7, 11) is 0. The third-order valence-corrected chi connectivity index (χ3v) is 3.81. The summed E-state index contributed by atoms with van der Waals surface area (Å²) < 4.78 is 5.47. The minimum absolute atomic E-state index is 0.773. The van der Waals surface area contributed by atoms with Gasteiger partial charge in [0.1, 0.15) is 0 Å². The summed E-state index contributed by atoms with van der Waals surface area (Å²) in [6, 6.07) is 0.773.